The molecule has 1 rings (SSSR count). The molecule has 1 amide bonds. The number of hydrogen-bond donors (Lipinski definition) is 2. The number of nitrogens with zero attached hydrogens (tertiary/aromatic N) is 2. The smallest absolute Gasteiger partial charge is 0.239 e. The van der Waals surface area contributed by atoms with Gasteiger partial charge in [0, 0.05) is 12.2 Å². The molecule has 18 heavy (non-hydrogen) atoms. The van der Waals surface area contributed by atoms with E-state index in [9.17, 15) is 4.79 Å². The fourth-order valence-electron chi connectivity index (χ4n) is 1.20. The van der Waals surface area contributed by atoms with Gasteiger partial charge in [0.05, 0.1) is 23.2 Å². The minimum Gasteiger partial charge on any atom is -0.395 e. The lowest BCUT2D eigenvalue weighted by Crippen LogP contribution is -2.38. The minimum absolute atomic E-state index is 0.0102. The monoisotopic (exact) mass is 291 g/mol. The molecule has 5 nitrogen and oxygen atoms in total. The van der Waals surface area contributed by atoms with Crippen molar-refractivity contribution < 1.29 is 9.90 Å². The molecule has 2 N–H and O–H groups in total. The average molecular weight is 292 g/mol. The molecule has 0 aromatic carbocycles. The van der Waals surface area contributed by atoms with E-state index in [-0.39, 0.29) is 35.9 Å². The molecule has 1 aromatic rings. The van der Waals surface area contributed by atoms with Crippen LogP contribution in [0.3, 0.4) is 0 Å². The number of aliphatic hydroxyl groups is 1. The summed E-state index contributed by atoms with van der Waals surface area (Å²) in [4.78, 5) is 17.4. The van der Waals surface area contributed by atoms with E-state index in [0.717, 1.165) is 0 Å². The Bertz CT molecular complexity index is 429. The molecule has 0 saturated heterocycles. The Morgan fingerprint density at radius 3 is 2.83 bits per heavy atom. The first-order valence-electron chi connectivity index (χ1n) is 5.36. The third-order valence-corrected chi connectivity index (χ3v) is 2.97. The number of rotatable bonds is 5. The Morgan fingerprint density at radius 2 is 2.28 bits per heavy atom. The van der Waals surface area contributed by atoms with Crippen LogP contribution in [0.25, 0.3) is 0 Å². The normalized spacial score (nSPS) is 12.6. The van der Waals surface area contributed by atoms with Crippen molar-refractivity contribution in [2.45, 2.75) is 13.0 Å². The van der Waals surface area contributed by atoms with Gasteiger partial charge in [-0.3, -0.25) is 9.69 Å². The van der Waals surface area contributed by atoms with E-state index >= 15 is 0 Å². The van der Waals surface area contributed by atoms with Crippen LogP contribution in [0.4, 0.5) is 5.82 Å². The summed E-state index contributed by atoms with van der Waals surface area (Å²) >= 11 is 11.6. The van der Waals surface area contributed by atoms with E-state index in [1.807, 2.05) is 6.92 Å². The van der Waals surface area contributed by atoms with Gasteiger partial charge in [-0.15, -0.1) is 0 Å². The van der Waals surface area contributed by atoms with Gasteiger partial charge in [0.2, 0.25) is 5.91 Å². The molecule has 0 aliphatic rings. The Balaban J connectivity index is 2.59. The summed E-state index contributed by atoms with van der Waals surface area (Å²) in [5, 5.41) is 12.2. The van der Waals surface area contributed by atoms with Crippen LogP contribution in [0.15, 0.2) is 12.3 Å². The molecule has 1 atom stereocenters. The van der Waals surface area contributed by atoms with Gasteiger partial charge in [-0.05, 0) is 20.0 Å². The summed E-state index contributed by atoms with van der Waals surface area (Å²) in [6, 6.07) is 1.41. The molecule has 7 heteroatoms. The minimum atomic E-state index is -0.255. The van der Waals surface area contributed by atoms with Crippen LogP contribution >= 0.6 is 23.2 Å². The number of nitrogens with one attached hydrogen (secondary N) is 1. The van der Waals surface area contributed by atoms with E-state index in [4.69, 9.17) is 28.3 Å². The Kier molecular flexibility index (Phi) is 5.81. The number of anilines is 1. The second-order valence-electron chi connectivity index (χ2n) is 3.98. The van der Waals surface area contributed by atoms with Crippen molar-refractivity contribution in [1.29, 1.82) is 0 Å². The predicted octanol–water partition coefficient (Wildman–Crippen LogP) is 1.64. The lowest BCUT2D eigenvalue weighted by Gasteiger charge is -2.21. The number of pyridine rings is 1. The van der Waals surface area contributed by atoms with Crippen molar-refractivity contribution >= 4 is 34.9 Å². The van der Waals surface area contributed by atoms with Crippen LogP contribution in [-0.4, -0.2) is 47.1 Å². The van der Waals surface area contributed by atoms with E-state index in [0.29, 0.717) is 5.02 Å². The number of carbonyl (C=O) groups excluding carboxylic acids is 1. The maximum atomic E-state index is 11.7. The van der Waals surface area contributed by atoms with Crippen molar-refractivity contribution in [3.8, 4) is 0 Å². The highest BCUT2D eigenvalue weighted by Gasteiger charge is 2.13. The van der Waals surface area contributed by atoms with Crippen LogP contribution in [0, 0.1) is 0 Å². The highest BCUT2D eigenvalue weighted by atomic mass is 35.5. The molecule has 0 aliphatic carbocycles. The van der Waals surface area contributed by atoms with Gasteiger partial charge in [0.25, 0.3) is 0 Å². The Morgan fingerprint density at radius 1 is 1.61 bits per heavy atom. The van der Waals surface area contributed by atoms with Crippen molar-refractivity contribution in [3.05, 3.63) is 22.3 Å². The molecular weight excluding hydrogens is 277 g/mol. The van der Waals surface area contributed by atoms with Gasteiger partial charge in [-0.25, -0.2) is 4.98 Å². The summed E-state index contributed by atoms with van der Waals surface area (Å²) in [7, 11) is 1.75. The molecule has 0 bridgehead atoms. The molecule has 0 spiro atoms. The summed E-state index contributed by atoms with van der Waals surface area (Å²) in [6.07, 6.45) is 1.41. The maximum Gasteiger partial charge on any atom is 0.239 e. The molecule has 0 saturated carbocycles. The van der Waals surface area contributed by atoms with E-state index in [1.54, 1.807) is 11.9 Å². The molecule has 100 valence electrons. The number of halogens is 2. The average Bonchev–Trinajstić information content (AvgIpc) is 2.31. The van der Waals surface area contributed by atoms with Crippen LogP contribution in [0.2, 0.25) is 10.0 Å². The van der Waals surface area contributed by atoms with E-state index in [2.05, 4.69) is 10.3 Å². The largest absolute Gasteiger partial charge is 0.395 e. The van der Waals surface area contributed by atoms with Crippen LogP contribution < -0.4 is 5.32 Å². The summed E-state index contributed by atoms with van der Waals surface area (Å²) in [6.45, 7) is 1.95. The van der Waals surface area contributed by atoms with Crippen LogP contribution in [0.5, 0.6) is 0 Å². The predicted molar refractivity (Wildman–Crippen MR) is 72.1 cm³/mol. The number of amides is 1. The van der Waals surface area contributed by atoms with Crippen molar-refractivity contribution in [3.63, 3.8) is 0 Å². The second kappa shape index (κ2) is 6.89. The van der Waals surface area contributed by atoms with Crippen LogP contribution in [-0.2, 0) is 4.79 Å². The van der Waals surface area contributed by atoms with Crippen molar-refractivity contribution in [1.82, 2.24) is 9.88 Å². The first kappa shape index (κ1) is 15.2. The van der Waals surface area contributed by atoms with Crippen molar-refractivity contribution in [2.24, 2.45) is 0 Å². The third kappa shape index (κ3) is 4.42. The standard InChI is InChI=1S/C11H15Cl2N3O2/c1-7(6-17)16(2)5-10(18)15-11-9(13)3-8(12)4-14-11/h3-4,7,17H,5-6H2,1-2H3,(H,14,15,18). The lowest BCUT2D eigenvalue weighted by atomic mass is 10.3. The zero-order valence-electron chi connectivity index (χ0n) is 10.2. The number of aromatic nitrogens is 1. The van der Waals surface area contributed by atoms with Gasteiger partial charge in [-0.2, -0.15) is 0 Å². The molecule has 1 heterocycles. The molecule has 1 aromatic heterocycles. The molecule has 0 fully saturated rings. The first-order valence-corrected chi connectivity index (χ1v) is 6.11. The number of likely N-dealkylation sites (N-methyl/N-ethyl adjacent to an activating group) is 1. The summed E-state index contributed by atoms with van der Waals surface area (Å²) in [5.41, 5.74) is 0. The zero-order valence-corrected chi connectivity index (χ0v) is 11.7. The quantitative estimate of drug-likeness (QED) is 0.866. The lowest BCUT2D eigenvalue weighted by molar-refractivity contribution is -0.117. The third-order valence-electron chi connectivity index (χ3n) is 2.48. The van der Waals surface area contributed by atoms with Crippen molar-refractivity contribution in [2.75, 3.05) is 25.5 Å². The topological polar surface area (TPSA) is 65.5 Å². The SMILES string of the molecule is CC(CO)N(C)CC(=O)Nc1ncc(Cl)cc1Cl. The Hall–Kier alpha value is -0.880. The summed E-state index contributed by atoms with van der Waals surface area (Å²) < 4.78 is 0. The first-order chi connectivity index (χ1) is 8.43. The molecule has 0 radical (unpaired) electrons. The fraction of sp³-hybridized carbons (Fsp3) is 0.455. The molecule has 0 aliphatic heterocycles. The highest BCUT2D eigenvalue weighted by molar-refractivity contribution is 6.36. The van der Waals surface area contributed by atoms with Gasteiger partial charge >= 0.3 is 0 Å². The number of hydrogen-bond acceptors (Lipinski definition) is 4. The van der Waals surface area contributed by atoms with Crippen LogP contribution in [0.1, 0.15) is 6.92 Å². The molecular formula is C11H15Cl2N3O2. The number of carbonyl (C=O) groups is 1. The molecule has 1 unspecified atom stereocenters. The fourth-order valence-corrected chi connectivity index (χ4v) is 1.63. The highest BCUT2D eigenvalue weighted by Crippen LogP contribution is 2.22. The van der Waals surface area contributed by atoms with Gasteiger partial charge in [-0.1, -0.05) is 23.2 Å². The maximum absolute atomic E-state index is 11.7. The van der Waals surface area contributed by atoms with E-state index < -0.39 is 0 Å². The number of aliphatic hydroxyl groups excluding tert-OH is 1. The zero-order chi connectivity index (χ0) is 13.7. The van der Waals surface area contributed by atoms with Gasteiger partial charge in [0.1, 0.15) is 0 Å². The van der Waals surface area contributed by atoms with Gasteiger partial charge < -0.3 is 10.4 Å². The Labute approximate surface area is 116 Å². The summed E-state index contributed by atoms with van der Waals surface area (Å²) in [5.74, 6) is 0.0191. The van der Waals surface area contributed by atoms with E-state index in [1.165, 1.54) is 12.3 Å². The second-order valence-corrected chi connectivity index (χ2v) is 4.82. The van der Waals surface area contributed by atoms with Gasteiger partial charge in [0.15, 0.2) is 5.82 Å².